The lowest BCUT2D eigenvalue weighted by molar-refractivity contribution is 0.306. The van der Waals surface area contributed by atoms with Gasteiger partial charge in [0.2, 0.25) is 0 Å². The van der Waals surface area contributed by atoms with Gasteiger partial charge in [-0.2, -0.15) is 0 Å². The molecule has 9 aromatic rings. The van der Waals surface area contributed by atoms with Gasteiger partial charge in [0.15, 0.2) is 40.5 Å². The Labute approximate surface area is 322 Å². The highest BCUT2D eigenvalue weighted by molar-refractivity contribution is 6.01. The van der Waals surface area contributed by atoms with Gasteiger partial charge in [-0.1, -0.05) is 152 Å². The van der Waals surface area contributed by atoms with Crippen molar-refractivity contribution in [2.45, 2.75) is 5.41 Å². The van der Waals surface area contributed by atoms with Crippen LogP contribution in [-0.4, -0.2) is 15.0 Å². The van der Waals surface area contributed by atoms with E-state index in [-0.39, 0.29) is 0 Å². The van der Waals surface area contributed by atoms with Gasteiger partial charge in [0.05, 0.1) is 5.56 Å². The minimum Gasteiger partial charge on any atom is -0.458 e. The van der Waals surface area contributed by atoms with E-state index < -0.39 is 5.41 Å². The number of hydrogen-bond acceptors (Lipinski definition) is 6. The highest BCUT2D eigenvalue weighted by Gasteiger charge is 2.60. The van der Waals surface area contributed by atoms with Crippen LogP contribution in [0.4, 0.5) is 0 Å². The summed E-state index contributed by atoms with van der Waals surface area (Å²) in [7, 11) is 0. The second-order valence-electron chi connectivity index (χ2n) is 14.3. The van der Waals surface area contributed by atoms with Crippen molar-refractivity contribution in [2.24, 2.45) is 0 Å². The van der Waals surface area contributed by atoms with Crippen LogP contribution < -0.4 is 9.47 Å². The number of aromatic nitrogens is 3. The number of hydrogen-bond donors (Lipinski definition) is 0. The maximum atomic E-state index is 6.97. The predicted octanol–water partition coefficient (Wildman–Crippen LogP) is 11.8. The molecule has 0 N–H and O–H groups in total. The maximum absolute atomic E-state index is 6.97. The van der Waals surface area contributed by atoms with E-state index in [1.54, 1.807) is 0 Å². The standard InChI is InChI=1S/C50H29N3O3/c1-3-13-31(14-4-1)47-51-48(32-15-5-2-6-16-32)53-49(52-47)33-25-23-30(24-26-33)34-27-28-36-35-17-7-9-19-38(35)50(39(36)29-34)45-43(37-18-8-10-20-40(37)55-45)44-46(50)56-42-22-12-11-21-41(42)54-44/h1-29H. The number of nitrogens with zero attached hydrogens (tertiary/aromatic N) is 3. The van der Waals surface area contributed by atoms with Gasteiger partial charge in [-0.25, -0.2) is 15.0 Å². The van der Waals surface area contributed by atoms with Crippen LogP contribution in [0.5, 0.6) is 11.5 Å². The van der Waals surface area contributed by atoms with Gasteiger partial charge in [0, 0.05) is 22.1 Å². The first-order valence-corrected chi connectivity index (χ1v) is 18.7. The topological polar surface area (TPSA) is 70.3 Å². The average molecular weight is 720 g/mol. The number of rotatable bonds is 4. The monoisotopic (exact) mass is 719 g/mol. The summed E-state index contributed by atoms with van der Waals surface area (Å²) < 4.78 is 20.7. The van der Waals surface area contributed by atoms with Crippen LogP contribution in [-0.2, 0) is 5.41 Å². The average Bonchev–Trinajstić information content (AvgIpc) is 3.89. The number of furan rings is 1. The fourth-order valence-corrected chi connectivity index (χ4v) is 8.68. The zero-order valence-corrected chi connectivity index (χ0v) is 29.8. The second kappa shape index (κ2) is 11.7. The summed E-state index contributed by atoms with van der Waals surface area (Å²) in [6.45, 7) is 0. The lowest BCUT2D eigenvalue weighted by Crippen LogP contribution is -2.31. The van der Waals surface area contributed by atoms with Gasteiger partial charge in [-0.3, -0.25) is 0 Å². The Kier molecular flexibility index (Phi) is 6.45. The number of para-hydroxylation sites is 3. The number of benzene rings is 7. The summed E-state index contributed by atoms with van der Waals surface area (Å²) in [4.78, 5) is 14.8. The minimum absolute atomic E-state index is 0.616. The smallest absolute Gasteiger partial charge is 0.179 e. The quantitative estimate of drug-likeness (QED) is 0.180. The molecule has 1 spiro atoms. The van der Waals surface area contributed by atoms with Crippen molar-refractivity contribution in [3.8, 4) is 67.9 Å². The molecule has 0 radical (unpaired) electrons. The summed E-state index contributed by atoms with van der Waals surface area (Å²) >= 11 is 0. The zero-order chi connectivity index (χ0) is 36.8. The molecule has 0 saturated carbocycles. The van der Waals surface area contributed by atoms with E-state index in [1.807, 2.05) is 103 Å². The summed E-state index contributed by atoms with van der Waals surface area (Å²) in [5.41, 5.74) is 10.3. The Balaban J connectivity index is 1.02. The Hall–Kier alpha value is -7.57. The van der Waals surface area contributed by atoms with E-state index in [4.69, 9.17) is 28.8 Å². The molecule has 0 bridgehead atoms. The molecule has 1 unspecified atom stereocenters. The van der Waals surface area contributed by atoms with Gasteiger partial charge in [-0.15, -0.1) is 0 Å². The zero-order valence-electron chi connectivity index (χ0n) is 29.8. The van der Waals surface area contributed by atoms with Gasteiger partial charge >= 0.3 is 0 Å². The van der Waals surface area contributed by atoms with Gasteiger partial charge in [0.25, 0.3) is 0 Å². The van der Waals surface area contributed by atoms with E-state index in [2.05, 4.69) is 72.8 Å². The van der Waals surface area contributed by atoms with Crippen molar-refractivity contribution in [1.29, 1.82) is 0 Å². The summed E-state index contributed by atoms with van der Waals surface area (Å²) in [6, 6.07) is 59.9. The molecule has 3 heterocycles. The first kappa shape index (κ1) is 30.8. The number of ether oxygens (including phenoxy) is 2. The van der Waals surface area contributed by atoms with Crippen LogP contribution in [0.25, 0.3) is 73.1 Å². The molecule has 0 amide bonds. The molecule has 262 valence electrons. The lowest BCUT2D eigenvalue weighted by atomic mass is 9.75. The van der Waals surface area contributed by atoms with E-state index >= 15 is 0 Å². The van der Waals surface area contributed by atoms with E-state index in [0.29, 0.717) is 34.7 Å². The van der Waals surface area contributed by atoms with Crippen molar-refractivity contribution < 1.29 is 13.9 Å². The van der Waals surface area contributed by atoms with Gasteiger partial charge in [0.1, 0.15) is 16.8 Å². The van der Waals surface area contributed by atoms with Crippen molar-refractivity contribution >= 4 is 16.7 Å². The largest absolute Gasteiger partial charge is 0.458 e. The molecule has 1 atom stereocenters. The molecule has 2 aromatic heterocycles. The molecule has 2 aliphatic carbocycles. The van der Waals surface area contributed by atoms with Crippen LogP contribution >= 0.6 is 0 Å². The predicted molar refractivity (Wildman–Crippen MR) is 218 cm³/mol. The third-order valence-corrected chi connectivity index (χ3v) is 11.2. The van der Waals surface area contributed by atoms with Gasteiger partial charge < -0.3 is 13.9 Å². The van der Waals surface area contributed by atoms with Crippen molar-refractivity contribution in [3.63, 3.8) is 0 Å². The maximum Gasteiger partial charge on any atom is 0.179 e. The normalized spacial score (nSPS) is 15.8. The number of allylic oxidation sites excluding steroid dienone is 1. The van der Waals surface area contributed by atoms with Crippen LogP contribution in [0.15, 0.2) is 186 Å². The number of fused-ring (bicyclic) bond motifs is 12. The lowest BCUT2D eigenvalue weighted by Gasteiger charge is -2.31. The third kappa shape index (κ3) is 4.35. The summed E-state index contributed by atoms with van der Waals surface area (Å²) in [5.74, 6) is 5.49. The highest BCUT2D eigenvalue weighted by atomic mass is 16.6. The van der Waals surface area contributed by atoms with E-state index in [0.717, 1.165) is 78.1 Å². The Morgan fingerprint density at radius 2 is 0.946 bits per heavy atom. The molecular formula is C50H29N3O3. The van der Waals surface area contributed by atoms with E-state index in [9.17, 15) is 0 Å². The first-order chi connectivity index (χ1) is 27.7. The molecule has 6 heteroatoms. The van der Waals surface area contributed by atoms with Crippen molar-refractivity contribution in [3.05, 3.63) is 204 Å². The molecule has 6 nitrogen and oxygen atoms in total. The Morgan fingerprint density at radius 3 is 1.66 bits per heavy atom. The van der Waals surface area contributed by atoms with Crippen LogP contribution in [0, 0.1) is 0 Å². The summed E-state index contributed by atoms with van der Waals surface area (Å²) in [6.07, 6.45) is 0. The fraction of sp³-hybridized carbons (Fsp3) is 0.0200. The van der Waals surface area contributed by atoms with Crippen molar-refractivity contribution in [2.75, 3.05) is 0 Å². The molecule has 56 heavy (non-hydrogen) atoms. The van der Waals surface area contributed by atoms with Crippen LogP contribution in [0.3, 0.4) is 0 Å². The van der Waals surface area contributed by atoms with Crippen LogP contribution in [0.1, 0.15) is 22.5 Å². The third-order valence-electron chi connectivity index (χ3n) is 11.2. The Bertz CT molecular complexity index is 3020. The van der Waals surface area contributed by atoms with Crippen LogP contribution in [0.2, 0.25) is 0 Å². The molecule has 0 fully saturated rings. The van der Waals surface area contributed by atoms with Crippen molar-refractivity contribution in [1.82, 2.24) is 15.0 Å². The molecule has 12 rings (SSSR count). The molecule has 0 saturated heterocycles. The SMILES string of the molecule is c1ccc(-c2nc(-c3ccccc3)nc(-c3ccc(-c4ccc5c(c4)C4(C6=C(Oc7ccccc7O6)c6c4oc4ccccc64)c4ccccc4-5)cc3)n2)cc1. The fourth-order valence-electron chi connectivity index (χ4n) is 8.68. The molecular weight excluding hydrogens is 691 g/mol. The second-order valence-corrected chi connectivity index (χ2v) is 14.3. The highest BCUT2D eigenvalue weighted by Crippen LogP contribution is 2.65. The van der Waals surface area contributed by atoms with E-state index in [1.165, 1.54) is 0 Å². The molecule has 7 aromatic carbocycles. The molecule has 3 aliphatic rings. The molecule has 1 aliphatic heterocycles. The summed E-state index contributed by atoms with van der Waals surface area (Å²) in [5, 5.41) is 0.997. The first-order valence-electron chi connectivity index (χ1n) is 18.7. The minimum atomic E-state index is -0.869. The Morgan fingerprint density at radius 1 is 0.411 bits per heavy atom. The van der Waals surface area contributed by atoms with Gasteiger partial charge in [-0.05, 0) is 57.6 Å².